The number of aromatic nitrogens is 4. The summed E-state index contributed by atoms with van der Waals surface area (Å²) >= 11 is 0. The van der Waals surface area contributed by atoms with Gasteiger partial charge in [0.05, 0.1) is 0 Å². The van der Waals surface area contributed by atoms with E-state index in [2.05, 4.69) is 43.1 Å². The van der Waals surface area contributed by atoms with Crippen molar-refractivity contribution in [3.63, 3.8) is 0 Å². The van der Waals surface area contributed by atoms with Crippen LogP contribution in [0.15, 0.2) is 24.7 Å². The highest BCUT2D eigenvalue weighted by atomic mass is 15.2. The summed E-state index contributed by atoms with van der Waals surface area (Å²) in [6.07, 6.45) is 6.52. The number of nitrogens with one attached hydrogen (secondary N) is 1. The molecule has 6 nitrogen and oxygen atoms in total. The van der Waals surface area contributed by atoms with Gasteiger partial charge in [0.15, 0.2) is 0 Å². The van der Waals surface area contributed by atoms with Gasteiger partial charge in [0, 0.05) is 42.8 Å². The molecule has 116 valence electrons. The van der Waals surface area contributed by atoms with Gasteiger partial charge < -0.3 is 10.2 Å². The summed E-state index contributed by atoms with van der Waals surface area (Å²) < 4.78 is 0. The lowest BCUT2D eigenvalue weighted by molar-refractivity contribution is 0.520. The lowest BCUT2D eigenvalue weighted by atomic mass is 10.1. The number of hydrogen-bond acceptors (Lipinski definition) is 6. The van der Waals surface area contributed by atoms with E-state index in [1.54, 1.807) is 12.5 Å². The Labute approximate surface area is 131 Å². The highest BCUT2D eigenvalue weighted by Gasteiger charge is 2.20. The predicted octanol–water partition coefficient (Wildman–Crippen LogP) is 2.22. The van der Waals surface area contributed by atoms with Crippen LogP contribution in [0.5, 0.6) is 0 Å². The van der Waals surface area contributed by atoms with Gasteiger partial charge in [0.1, 0.15) is 12.1 Å². The average Bonchev–Trinajstić information content (AvgIpc) is 2.56. The first-order valence-corrected chi connectivity index (χ1v) is 7.86. The van der Waals surface area contributed by atoms with Gasteiger partial charge in [0.25, 0.3) is 0 Å². The highest BCUT2D eigenvalue weighted by Crippen LogP contribution is 2.19. The van der Waals surface area contributed by atoms with Crippen LogP contribution in [0.2, 0.25) is 0 Å². The fraction of sp³-hybridized carbons (Fsp3) is 0.500. The molecule has 1 aliphatic heterocycles. The van der Waals surface area contributed by atoms with Gasteiger partial charge in [-0.2, -0.15) is 0 Å². The van der Waals surface area contributed by atoms with Crippen LogP contribution in [0.3, 0.4) is 0 Å². The zero-order valence-electron chi connectivity index (χ0n) is 13.2. The predicted molar refractivity (Wildman–Crippen MR) is 87.0 cm³/mol. The van der Waals surface area contributed by atoms with E-state index in [1.165, 1.54) is 0 Å². The molecule has 0 saturated carbocycles. The lowest BCUT2D eigenvalue weighted by Crippen LogP contribution is -2.39. The Bertz CT molecular complexity index is 622. The summed E-state index contributed by atoms with van der Waals surface area (Å²) in [5.74, 6) is 1.77. The Morgan fingerprint density at radius 2 is 2.05 bits per heavy atom. The van der Waals surface area contributed by atoms with Crippen molar-refractivity contribution >= 4 is 11.8 Å². The minimum atomic E-state index is 0.422. The van der Waals surface area contributed by atoms with E-state index in [1.807, 2.05) is 13.0 Å². The molecule has 0 amide bonds. The summed E-state index contributed by atoms with van der Waals surface area (Å²) in [7, 11) is 0. The fourth-order valence-corrected chi connectivity index (χ4v) is 2.71. The summed E-state index contributed by atoms with van der Waals surface area (Å²) in [5, 5.41) is 3.43. The third-order valence-electron chi connectivity index (χ3n) is 4.02. The molecule has 0 spiro atoms. The van der Waals surface area contributed by atoms with Crippen LogP contribution >= 0.6 is 0 Å². The highest BCUT2D eigenvalue weighted by molar-refractivity contribution is 5.40. The number of piperidine rings is 1. The van der Waals surface area contributed by atoms with Gasteiger partial charge in [-0.15, -0.1) is 0 Å². The molecule has 0 radical (unpaired) electrons. The molecular formula is C16H22N6. The van der Waals surface area contributed by atoms with Gasteiger partial charge in [-0.1, -0.05) is 6.92 Å². The molecule has 1 saturated heterocycles. The zero-order chi connectivity index (χ0) is 15.4. The first-order valence-electron chi connectivity index (χ1n) is 7.86. The largest absolute Gasteiger partial charge is 0.356 e. The second-order valence-corrected chi connectivity index (χ2v) is 5.65. The molecule has 3 rings (SSSR count). The molecule has 0 atom stereocenters. The Hall–Kier alpha value is -2.24. The molecule has 1 fully saturated rings. The average molecular weight is 298 g/mol. The molecule has 2 aromatic rings. The van der Waals surface area contributed by atoms with Gasteiger partial charge in [-0.05, 0) is 32.3 Å². The first kappa shape index (κ1) is 14.7. The second kappa shape index (κ2) is 6.68. The van der Waals surface area contributed by atoms with Crippen molar-refractivity contribution in [2.75, 3.05) is 23.3 Å². The maximum absolute atomic E-state index is 4.41. The summed E-state index contributed by atoms with van der Waals surface area (Å²) in [6, 6.07) is 4.43. The number of hydrogen-bond donors (Lipinski definition) is 1. The molecular weight excluding hydrogens is 276 g/mol. The van der Waals surface area contributed by atoms with Crippen LogP contribution in [0, 0.1) is 6.92 Å². The minimum absolute atomic E-state index is 0.422. The summed E-state index contributed by atoms with van der Waals surface area (Å²) in [5.41, 5.74) is 2.08. The molecule has 6 heteroatoms. The molecule has 0 bridgehead atoms. The van der Waals surface area contributed by atoms with Crippen LogP contribution < -0.4 is 10.2 Å². The van der Waals surface area contributed by atoms with Gasteiger partial charge in [-0.25, -0.2) is 19.9 Å². The Balaban J connectivity index is 1.58. The minimum Gasteiger partial charge on any atom is -0.356 e. The van der Waals surface area contributed by atoms with Crippen LogP contribution in [-0.4, -0.2) is 39.1 Å². The van der Waals surface area contributed by atoms with E-state index in [0.29, 0.717) is 6.04 Å². The Morgan fingerprint density at radius 3 is 2.77 bits per heavy atom. The van der Waals surface area contributed by atoms with Crippen molar-refractivity contribution in [1.29, 1.82) is 0 Å². The number of nitrogens with zero attached hydrogens (tertiary/aromatic N) is 5. The molecule has 0 unspecified atom stereocenters. The van der Waals surface area contributed by atoms with Gasteiger partial charge in [-0.3, -0.25) is 0 Å². The normalized spacial score (nSPS) is 15.8. The third-order valence-corrected chi connectivity index (χ3v) is 4.02. The van der Waals surface area contributed by atoms with Crippen molar-refractivity contribution in [3.05, 3.63) is 36.0 Å². The van der Waals surface area contributed by atoms with Gasteiger partial charge in [0.2, 0.25) is 5.95 Å². The van der Waals surface area contributed by atoms with E-state index < -0.39 is 0 Å². The van der Waals surface area contributed by atoms with Crippen molar-refractivity contribution < 1.29 is 0 Å². The van der Waals surface area contributed by atoms with Crippen molar-refractivity contribution in [3.8, 4) is 0 Å². The quantitative estimate of drug-likeness (QED) is 0.933. The zero-order valence-corrected chi connectivity index (χ0v) is 13.2. The van der Waals surface area contributed by atoms with Crippen LogP contribution in [0.1, 0.15) is 31.2 Å². The smallest absolute Gasteiger partial charge is 0.223 e. The van der Waals surface area contributed by atoms with Crippen LogP contribution in [0.4, 0.5) is 11.8 Å². The van der Waals surface area contributed by atoms with Gasteiger partial charge >= 0.3 is 0 Å². The Morgan fingerprint density at radius 1 is 1.23 bits per heavy atom. The van der Waals surface area contributed by atoms with Crippen LogP contribution in [0.25, 0.3) is 0 Å². The Kier molecular flexibility index (Phi) is 4.46. The number of rotatable bonds is 4. The lowest BCUT2D eigenvalue weighted by Gasteiger charge is -2.33. The van der Waals surface area contributed by atoms with Crippen molar-refractivity contribution in [1.82, 2.24) is 19.9 Å². The topological polar surface area (TPSA) is 66.8 Å². The van der Waals surface area contributed by atoms with E-state index in [4.69, 9.17) is 0 Å². The molecule has 3 heterocycles. The summed E-state index contributed by atoms with van der Waals surface area (Å²) in [4.78, 5) is 19.7. The number of anilines is 2. The molecule has 22 heavy (non-hydrogen) atoms. The van der Waals surface area contributed by atoms with E-state index in [9.17, 15) is 0 Å². The SMILES string of the molecule is CCc1cc(N2CCC(Nc3nccc(C)n3)CC2)ncn1. The molecule has 0 aliphatic carbocycles. The van der Waals surface area contributed by atoms with E-state index in [-0.39, 0.29) is 0 Å². The summed E-state index contributed by atoms with van der Waals surface area (Å²) in [6.45, 7) is 6.08. The van der Waals surface area contributed by atoms with Crippen molar-refractivity contribution in [2.24, 2.45) is 0 Å². The van der Waals surface area contributed by atoms with Crippen molar-refractivity contribution in [2.45, 2.75) is 39.2 Å². The third kappa shape index (κ3) is 3.50. The first-order chi connectivity index (χ1) is 10.7. The fourth-order valence-electron chi connectivity index (χ4n) is 2.71. The maximum Gasteiger partial charge on any atom is 0.223 e. The monoisotopic (exact) mass is 298 g/mol. The van der Waals surface area contributed by atoms with Crippen LogP contribution in [-0.2, 0) is 6.42 Å². The molecule has 1 aliphatic rings. The second-order valence-electron chi connectivity index (χ2n) is 5.65. The number of aryl methyl sites for hydroxylation is 2. The molecule has 2 aromatic heterocycles. The molecule has 0 aromatic carbocycles. The van der Waals surface area contributed by atoms with E-state index in [0.717, 1.165) is 55.5 Å². The molecule has 1 N–H and O–H groups in total. The standard InChI is InChI=1S/C16H22N6/c1-3-13-10-15(19-11-18-13)22-8-5-14(6-9-22)21-16-17-7-4-12(2)20-16/h4,7,10-11,14H,3,5-6,8-9H2,1-2H3,(H,17,20,21). The van der Waals surface area contributed by atoms with E-state index >= 15 is 0 Å². The maximum atomic E-state index is 4.41.